The molecular formula is C20H17F4N3O4. The summed E-state index contributed by atoms with van der Waals surface area (Å²) in [5.41, 5.74) is -0.911. The molecular weight excluding hydrogens is 422 g/mol. The molecule has 0 aliphatic carbocycles. The second-order valence-corrected chi connectivity index (χ2v) is 6.71. The van der Waals surface area contributed by atoms with Crippen molar-refractivity contribution in [2.24, 2.45) is 0 Å². The smallest absolute Gasteiger partial charge is 0.406 e. The molecule has 164 valence electrons. The number of ether oxygens (including phenoxy) is 1. The lowest BCUT2D eigenvalue weighted by Gasteiger charge is -2.25. The Morgan fingerprint density at radius 1 is 1.10 bits per heavy atom. The molecule has 11 heteroatoms. The number of carbonyl (C=O) groups is 3. The number of carbonyl (C=O) groups excluding carboxylic acids is 3. The summed E-state index contributed by atoms with van der Waals surface area (Å²) in [4.78, 5) is 38.4. The zero-order chi connectivity index (χ0) is 22.8. The van der Waals surface area contributed by atoms with E-state index in [0.29, 0.717) is 5.56 Å². The standard InChI is InChI=1S/C20H17F4N3O4/c1-2-19(12-3-5-13(21)6-4-12)17(29)27(18(30)26-19)11-16(28)25-14-7-9-15(10-8-14)31-20(22,23)24/h3-10H,2,11H2,1H3,(H,25,28)(H,26,30). The Balaban J connectivity index is 1.69. The van der Waals surface area contributed by atoms with Gasteiger partial charge in [-0.15, -0.1) is 13.2 Å². The molecule has 7 nitrogen and oxygen atoms in total. The fourth-order valence-electron chi connectivity index (χ4n) is 3.23. The molecule has 0 radical (unpaired) electrons. The number of benzene rings is 2. The van der Waals surface area contributed by atoms with Gasteiger partial charge in [0, 0.05) is 5.69 Å². The molecule has 1 aliphatic rings. The quantitative estimate of drug-likeness (QED) is 0.533. The van der Waals surface area contributed by atoms with E-state index in [-0.39, 0.29) is 12.1 Å². The van der Waals surface area contributed by atoms with E-state index in [1.54, 1.807) is 6.92 Å². The Morgan fingerprint density at radius 3 is 2.26 bits per heavy atom. The van der Waals surface area contributed by atoms with Gasteiger partial charge in [-0.2, -0.15) is 0 Å². The first-order chi connectivity index (χ1) is 14.5. The van der Waals surface area contributed by atoms with Gasteiger partial charge in [-0.1, -0.05) is 19.1 Å². The van der Waals surface area contributed by atoms with Crippen molar-refractivity contribution in [3.05, 3.63) is 59.9 Å². The van der Waals surface area contributed by atoms with Crippen molar-refractivity contribution in [3.63, 3.8) is 0 Å². The maximum atomic E-state index is 13.2. The van der Waals surface area contributed by atoms with Crippen molar-refractivity contribution in [1.29, 1.82) is 0 Å². The monoisotopic (exact) mass is 439 g/mol. The van der Waals surface area contributed by atoms with E-state index in [1.807, 2.05) is 0 Å². The summed E-state index contributed by atoms with van der Waals surface area (Å²) >= 11 is 0. The molecule has 1 fully saturated rings. The minimum absolute atomic E-state index is 0.145. The van der Waals surface area contributed by atoms with Gasteiger partial charge in [0.25, 0.3) is 5.91 Å². The van der Waals surface area contributed by atoms with Gasteiger partial charge in [0.1, 0.15) is 23.7 Å². The van der Waals surface area contributed by atoms with Crippen LogP contribution in [-0.2, 0) is 15.1 Å². The van der Waals surface area contributed by atoms with Crippen molar-refractivity contribution < 1.29 is 36.7 Å². The molecule has 2 N–H and O–H groups in total. The minimum Gasteiger partial charge on any atom is -0.406 e. The SMILES string of the molecule is CCC1(c2ccc(F)cc2)NC(=O)N(CC(=O)Nc2ccc(OC(F)(F)F)cc2)C1=O. The van der Waals surface area contributed by atoms with Crippen LogP contribution in [0.4, 0.5) is 28.0 Å². The fraction of sp³-hybridized carbons (Fsp3) is 0.250. The molecule has 1 saturated heterocycles. The highest BCUT2D eigenvalue weighted by Crippen LogP contribution is 2.32. The molecule has 0 spiro atoms. The zero-order valence-electron chi connectivity index (χ0n) is 16.1. The van der Waals surface area contributed by atoms with Crippen LogP contribution in [0.1, 0.15) is 18.9 Å². The van der Waals surface area contributed by atoms with Crippen LogP contribution in [0.3, 0.4) is 0 Å². The fourth-order valence-corrected chi connectivity index (χ4v) is 3.23. The van der Waals surface area contributed by atoms with Gasteiger partial charge in [0.05, 0.1) is 0 Å². The predicted octanol–water partition coefficient (Wildman–Crippen LogP) is 3.52. The first-order valence-corrected chi connectivity index (χ1v) is 9.10. The van der Waals surface area contributed by atoms with Crippen LogP contribution in [0.25, 0.3) is 0 Å². The molecule has 4 amide bonds. The third kappa shape index (κ3) is 4.76. The lowest BCUT2D eigenvalue weighted by Crippen LogP contribution is -2.44. The summed E-state index contributed by atoms with van der Waals surface area (Å²) in [5.74, 6) is -2.38. The topological polar surface area (TPSA) is 87.7 Å². The summed E-state index contributed by atoms with van der Waals surface area (Å²) in [6.07, 6.45) is -4.67. The lowest BCUT2D eigenvalue weighted by atomic mass is 9.87. The van der Waals surface area contributed by atoms with Gasteiger partial charge in [-0.25, -0.2) is 9.18 Å². The normalized spacial score (nSPS) is 18.7. The van der Waals surface area contributed by atoms with E-state index in [9.17, 15) is 31.9 Å². The Hall–Kier alpha value is -3.63. The molecule has 3 rings (SSSR count). The summed E-state index contributed by atoms with van der Waals surface area (Å²) in [6, 6.07) is 8.66. The molecule has 2 aromatic carbocycles. The average molecular weight is 439 g/mol. The molecule has 31 heavy (non-hydrogen) atoms. The Bertz CT molecular complexity index is 993. The van der Waals surface area contributed by atoms with Crippen molar-refractivity contribution in [1.82, 2.24) is 10.2 Å². The van der Waals surface area contributed by atoms with Crippen molar-refractivity contribution in [3.8, 4) is 5.75 Å². The van der Waals surface area contributed by atoms with Crippen LogP contribution >= 0.6 is 0 Å². The molecule has 1 unspecified atom stereocenters. The third-order valence-corrected chi connectivity index (χ3v) is 4.72. The summed E-state index contributed by atoms with van der Waals surface area (Å²) in [7, 11) is 0. The molecule has 0 saturated carbocycles. The van der Waals surface area contributed by atoms with Crippen LogP contribution in [0.5, 0.6) is 5.75 Å². The van der Waals surface area contributed by atoms with E-state index in [0.717, 1.165) is 29.2 Å². The molecule has 0 aromatic heterocycles. The number of hydrogen-bond acceptors (Lipinski definition) is 4. The van der Waals surface area contributed by atoms with Gasteiger partial charge in [0.15, 0.2) is 0 Å². The number of rotatable bonds is 6. The van der Waals surface area contributed by atoms with Crippen molar-refractivity contribution >= 4 is 23.5 Å². The number of urea groups is 1. The minimum atomic E-state index is -4.84. The highest BCUT2D eigenvalue weighted by molar-refractivity contribution is 6.10. The van der Waals surface area contributed by atoms with Gasteiger partial charge in [-0.3, -0.25) is 14.5 Å². The number of imide groups is 1. The van der Waals surface area contributed by atoms with Gasteiger partial charge in [-0.05, 0) is 48.4 Å². The molecule has 1 atom stereocenters. The lowest BCUT2D eigenvalue weighted by molar-refractivity contribution is -0.274. The van der Waals surface area contributed by atoms with Crippen LogP contribution in [0.15, 0.2) is 48.5 Å². The third-order valence-electron chi connectivity index (χ3n) is 4.72. The number of anilines is 1. The second kappa shape index (κ2) is 8.25. The van der Waals surface area contributed by atoms with Crippen LogP contribution in [-0.4, -0.2) is 35.7 Å². The highest BCUT2D eigenvalue weighted by Gasteiger charge is 2.51. The Kier molecular flexibility index (Phi) is 5.87. The molecule has 2 aromatic rings. The van der Waals surface area contributed by atoms with Crippen molar-refractivity contribution in [2.45, 2.75) is 25.2 Å². The average Bonchev–Trinajstić information content (AvgIpc) is 2.94. The molecule has 1 heterocycles. The van der Waals surface area contributed by atoms with E-state index < -0.39 is 47.9 Å². The van der Waals surface area contributed by atoms with E-state index in [1.165, 1.54) is 24.3 Å². The first-order valence-electron chi connectivity index (χ1n) is 9.10. The Labute approximate surface area is 174 Å². The number of hydrogen-bond donors (Lipinski definition) is 2. The van der Waals surface area contributed by atoms with Crippen LogP contribution in [0, 0.1) is 5.82 Å². The summed E-state index contributed by atoms with van der Waals surface area (Å²) in [6.45, 7) is 1.05. The summed E-state index contributed by atoms with van der Waals surface area (Å²) in [5, 5.41) is 4.96. The van der Waals surface area contributed by atoms with Crippen LogP contribution in [0.2, 0.25) is 0 Å². The van der Waals surface area contributed by atoms with E-state index in [2.05, 4.69) is 15.4 Å². The number of amides is 4. The van der Waals surface area contributed by atoms with Gasteiger partial charge >= 0.3 is 12.4 Å². The molecule has 0 bridgehead atoms. The maximum Gasteiger partial charge on any atom is 0.573 e. The zero-order valence-corrected chi connectivity index (χ0v) is 16.1. The predicted molar refractivity (Wildman–Crippen MR) is 100 cm³/mol. The number of nitrogens with zero attached hydrogens (tertiary/aromatic N) is 1. The van der Waals surface area contributed by atoms with Crippen LogP contribution < -0.4 is 15.4 Å². The van der Waals surface area contributed by atoms with Gasteiger partial charge < -0.3 is 15.4 Å². The first kappa shape index (κ1) is 22.1. The number of halogens is 4. The second-order valence-electron chi connectivity index (χ2n) is 6.71. The van der Waals surface area contributed by atoms with Gasteiger partial charge in [0.2, 0.25) is 5.91 Å². The van der Waals surface area contributed by atoms with E-state index in [4.69, 9.17) is 0 Å². The van der Waals surface area contributed by atoms with E-state index >= 15 is 0 Å². The Morgan fingerprint density at radius 2 is 1.71 bits per heavy atom. The number of alkyl halides is 3. The number of nitrogens with one attached hydrogen (secondary N) is 2. The summed E-state index contributed by atoms with van der Waals surface area (Å²) < 4.78 is 53.6. The highest BCUT2D eigenvalue weighted by atomic mass is 19.4. The maximum absolute atomic E-state index is 13.2. The largest absolute Gasteiger partial charge is 0.573 e. The molecule has 1 aliphatic heterocycles. The van der Waals surface area contributed by atoms with Crippen molar-refractivity contribution in [2.75, 3.05) is 11.9 Å².